The molecule has 0 amide bonds. The summed E-state index contributed by atoms with van der Waals surface area (Å²) in [5.41, 5.74) is 0.885. The minimum Gasteiger partial charge on any atom is -0.439 e. The van der Waals surface area contributed by atoms with Crippen molar-refractivity contribution >= 4 is 39.1 Å². The van der Waals surface area contributed by atoms with Crippen molar-refractivity contribution in [2.24, 2.45) is 0 Å². The van der Waals surface area contributed by atoms with E-state index in [0.717, 1.165) is 0 Å². The van der Waals surface area contributed by atoms with Gasteiger partial charge in [0.2, 0.25) is 0 Å². The Morgan fingerprint density at radius 1 is 1.27 bits per heavy atom. The Balaban J connectivity index is 2.58. The molecule has 0 aliphatic carbocycles. The zero-order chi connectivity index (χ0) is 11.0. The van der Waals surface area contributed by atoms with Gasteiger partial charge in [0, 0.05) is 21.5 Å². The lowest BCUT2D eigenvalue weighted by Gasteiger charge is -2.01. The Morgan fingerprint density at radius 3 is 2.60 bits per heavy atom. The van der Waals surface area contributed by atoms with Crippen LogP contribution in [0.2, 0.25) is 10.0 Å². The van der Waals surface area contributed by atoms with E-state index in [-0.39, 0.29) is 5.02 Å². The predicted molar refractivity (Wildman–Crippen MR) is 59.6 cm³/mol. The third-order valence-corrected chi connectivity index (χ3v) is 2.73. The first-order valence-electron chi connectivity index (χ1n) is 3.84. The second kappa shape index (κ2) is 4.12. The van der Waals surface area contributed by atoms with Gasteiger partial charge in [0.1, 0.15) is 17.8 Å². The average molecular weight is 311 g/mol. The van der Waals surface area contributed by atoms with Crippen molar-refractivity contribution in [1.29, 1.82) is 0 Å². The number of oxazole rings is 1. The molecule has 78 valence electrons. The molecule has 0 aliphatic heterocycles. The fourth-order valence-corrected chi connectivity index (χ4v) is 1.86. The Morgan fingerprint density at radius 2 is 2.00 bits per heavy atom. The van der Waals surface area contributed by atoms with Gasteiger partial charge in [-0.1, -0.05) is 23.2 Å². The van der Waals surface area contributed by atoms with Crippen LogP contribution in [0.25, 0.3) is 11.3 Å². The van der Waals surface area contributed by atoms with Gasteiger partial charge >= 0.3 is 0 Å². The summed E-state index contributed by atoms with van der Waals surface area (Å²) in [6.07, 6.45) is 1.37. The average Bonchev–Trinajstić information content (AvgIpc) is 2.58. The normalized spacial score (nSPS) is 10.7. The molecule has 15 heavy (non-hydrogen) atoms. The molecule has 0 spiro atoms. The molecule has 0 radical (unpaired) electrons. The Kier molecular flexibility index (Phi) is 3.00. The van der Waals surface area contributed by atoms with Gasteiger partial charge in [-0.15, -0.1) is 0 Å². The van der Waals surface area contributed by atoms with Crippen LogP contribution in [0.4, 0.5) is 4.39 Å². The zero-order valence-corrected chi connectivity index (χ0v) is 10.2. The number of hydrogen-bond donors (Lipinski definition) is 0. The van der Waals surface area contributed by atoms with E-state index in [1.54, 1.807) is 0 Å². The van der Waals surface area contributed by atoms with Crippen molar-refractivity contribution in [3.8, 4) is 11.3 Å². The van der Waals surface area contributed by atoms with Crippen LogP contribution in [-0.4, -0.2) is 4.98 Å². The van der Waals surface area contributed by atoms with Gasteiger partial charge in [-0.05, 0) is 12.1 Å². The number of nitrogens with zero attached hydrogens (tertiary/aromatic N) is 1. The summed E-state index contributed by atoms with van der Waals surface area (Å²) in [5.74, 6) is -0.546. The van der Waals surface area contributed by atoms with Crippen molar-refractivity contribution in [3.05, 3.63) is 39.1 Å². The summed E-state index contributed by atoms with van der Waals surface area (Å²) in [6, 6.07) is 2.55. The van der Waals surface area contributed by atoms with E-state index in [0.29, 0.717) is 21.1 Å². The van der Waals surface area contributed by atoms with Crippen LogP contribution in [0.3, 0.4) is 0 Å². The Bertz CT molecular complexity index is 515. The molecule has 0 saturated heterocycles. The van der Waals surface area contributed by atoms with E-state index in [4.69, 9.17) is 27.6 Å². The lowest BCUT2D eigenvalue weighted by molar-refractivity contribution is 0.529. The van der Waals surface area contributed by atoms with Gasteiger partial charge in [-0.25, -0.2) is 9.37 Å². The standard InChI is InChI=1S/C9H3BrCl2FNO/c10-9-14-8(3-15-9)4-1-7(13)6(12)2-5(4)11/h1-3H. The molecule has 6 heteroatoms. The van der Waals surface area contributed by atoms with Crippen LogP contribution in [0.1, 0.15) is 0 Å². The van der Waals surface area contributed by atoms with Crippen molar-refractivity contribution < 1.29 is 8.81 Å². The highest BCUT2D eigenvalue weighted by molar-refractivity contribution is 9.10. The van der Waals surface area contributed by atoms with E-state index >= 15 is 0 Å². The quantitative estimate of drug-likeness (QED) is 0.722. The maximum Gasteiger partial charge on any atom is 0.264 e. The first-order chi connectivity index (χ1) is 7.08. The first kappa shape index (κ1) is 10.9. The molecule has 1 heterocycles. The van der Waals surface area contributed by atoms with E-state index in [1.165, 1.54) is 18.4 Å². The summed E-state index contributed by atoms with van der Waals surface area (Å²) < 4.78 is 18.1. The molecule has 2 nitrogen and oxygen atoms in total. The van der Waals surface area contributed by atoms with Crippen molar-refractivity contribution in [1.82, 2.24) is 4.98 Å². The molecule has 0 saturated carbocycles. The van der Waals surface area contributed by atoms with Gasteiger partial charge in [-0.2, -0.15) is 0 Å². The molecule has 0 N–H and O–H groups in total. The van der Waals surface area contributed by atoms with Gasteiger partial charge in [-0.3, -0.25) is 0 Å². The summed E-state index contributed by atoms with van der Waals surface area (Å²) in [4.78, 5) is 4.28. The fourth-order valence-electron chi connectivity index (χ4n) is 1.09. The lowest BCUT2D eigenvalue weighted by atomic mass is 10.2. The maximum atomic E-state index is 13.2. The predicted octanol–water partition coefficient (Wildman–Crippen LogP) is 4.55. The van der Waals surface area contributed by atoms with Crippen LogP contribution in [0.15, 0.2) is 27.6 Å². The minimum absolute atomic E-state index is 0.0219. The minimum atomic E-state index is -0.546. The van der Waals surface area contributed by atoms with Crippen LogP contribution in [0, 0.1) is 5.82 Å². The zero-order valence-electron chi connectivity index (χ0n) is 7.10. The third-order valence-electron chi connectivity index (χ3n) is 1.76. The second-order valence-corrected chi connectivity index (χ2v) is 4.22. The number of aromatic nitrogens is 1. The lowest BCUT2D eigenvalue weighted by Crippen LogP contribution is -1.84. The maximum absolute atomic E-state index is 13.2. The van der Waals surface area contributed by atoms with Gasteiger partial charge in [0.15, 0.2) is 0 Å². The van der Waals surface area contributed by atoms with Crippen LogP contribution in [0.5, 0.6) is 0 Å². The van der Waals surface area contributed by atoms with Crippen molar-refractivity contribution in [3.63, 3.8) is 0 Å². The Labute approximate surface area is 103 Å². The summed E-state index contributed by atoms with van der Waals surface area (Å²) in [7, 11) is 0. The largest absolute Gasteiger partial charge is 0.439 e. The molecule has 1 aromatic heterocycles. The van der Waals surface area contributed by atoms with Crippen molar-refractivity contribution in [2.45, 2.75) is 0 Å². The molecule has 0 bridgehead atoms. The van der Waals surface area contributed by atoms with E-state index in [2.05, 4.69) is 20.9 Å². The van der Waals surface area contributed by atoms with E-state index in [1.807, 2.05) is 0 Å². The molecular weight excluding hydrogens is 308 g/mol. The molecule has 2 rings (SSSR count). The highest BCUT2D eigenvalue weighted by atomic mass is 79.9. The molecule has 2 aromatic rings. The van der Waals surface area contributed by atoms with Crippen molar-refractivity contribution in [2.75, 3.05) is 0 Å². The molecule has 0 fully saturated rings. The van der Waals surface area contributed by atoms with E-state index in [9.17, 15) is 4.39 Å². The third kappa shape index (κ3) is 2.17. The number of rotatable bonds is 1. The van der Waals surface area contributed by atoms with Crippen LogP contribution in [-0.2, 0) is 0 Å². The summed E-state index contributed by atoms with van der Waals surface area (Å²) >= 11 is 14.5. The number of benzene rings is 1. The fraction of sp³-hybridized carbons (Fsp3) is 0. The van der Waals surface area contributed by atoms with Gasteiger partial charge in [0.05, 0.1) is 10.0 Å². The van der Waals surface area contributed by atoms with Gasteiger partial charge in [0.25, 0.3) is 4.80 Å². The summed E-state index contributed by atoms with van der Waals surface area (Å²) in [6.45, 7) is 0. The van der Waals surface area contributed by atoms with Crippen LogP contribution < -0.4 is 0 Å². The summed E-state index contributed by atoms with van der Waals surface area (Å²) in [5, 5.41) is 0.300. The smallest absolute Gasteiger partial charge is 0.264 e. The molecular formula is C9H3BrCl2FNO. The topological polar surface area (TPSA) is 26.0 Å². The Hall–Kier alpha value is -0.580. The number of hydrogen-bond acceptors (Lipinski definition) is 2. The molecule has 0 atom stereocenters. The SMILES string of the molecule is Fc1cc(-c2coc(Br)n2)c(Cl)cc1Cl. The molecule has 0 unspecified atom stereocenters. The highest BCUT2D eigenvalue weighted by Crippen LogP contribution is 2.32. The second-order valence-electron chi connectivity index (χ2n) is 2.73. The molecule has 0 aliphatic rings. The first-order valence-corrected chi connectivity index (χ1v) is 5.39. The van der Waals surface area contributed by atoms with E-state index < -0.39 is 5.82 Å². The van der Waals surface area contributed by atoms with Crippen LogP contribution >= 0.6 is 39.1 Å². The monoisotopic (exact) mass is 309 g/mol. The highest BCUT2D eigenvalue weighted by Gasteiger charge is 2.12. The van der Waals surface area contributed by atoms with Gasteiger partial charge < -0.3 is 4.42 Å². The molecule has 1 aromatic carbocycles. The number of halogens is 4.